The summed E-state index contributed by atoms with van der Waals surface area (Å²) in [6.45, 7) is 3.93. The Morgan fingerprint density at radius 3 is 2.29 bits per heavy atom. The summed E-state index contributed by atoms with van der Waals surface area (Å²) in [5.74, 6) is 1.39. The number of fused-ring (bicyclic) bond motifs is 1. The number of likely N-dealkylation sites (tertiary alicyclic amines) is 1. The van der Waals surface area contributed by atoms with Crippen molar-refractivity contribution in [3.05, 3.63) is 35.6 Å². The summed E-state index contributed by atoms with van der Waals surface area (Å²) in [4.78, 5) is 14.3. The maximum atomic E-state index is 12.9. The highest BCUT2D eigenvalue weighted by molar-refractivity contribution is 5.85. The van der Waals surface area contributed by atoms with Gasteiger partial charge in [-0.1, -0.05) is 12.1 Å². The molecule has 0 bridgehead atoms. The van der Waals surface area contributed by atoms with E-state index in [4.69, 9.17) is 0 Å². The minimum atomic E-state index is -0.253. The van der Waals surface area contributed by atoms with E-state index in [0.29, 0.717) is 6.42 Å². The topological polar surface area (TPSA) is 32.3 Å². The van der Waals surface area contributed by atoms with Gasteiger partial charge in [-0.15, -0.1) is 12.4 Å². The van der Waals surface area contributed by atoms with Crippen molar-refractivity contribution < 1.29 is 9.18 Å². The average molecular weight is 313 g/mol. The van der Waals surface area contributed by atoms with Crippen LogP contribution in [0.2, 0.25) is 0 Å². The van der Waals surface area contributed by atoms with Gasteiger partial charge < -0.3 is 10.2 Å². The molecule has 0 aromatic heterocycles. The normalized spacial score (nSPS) is 24.9. The van der Waals surface area contributed by atoms with Crippen LogP contribution in [0.1, 0.15) is 18.4 Å². The van der Waals surface area contributed by atoms with E-state index in [2.05, 4.69) is 5.32 Å². The molecule has 2 saturated heterocycles. The first-order chi connectivity index (χ1) is 9.72. The zero-order valence-corrected chi connectivity index (χ0v) is 12.9. The highest BCUT2D eigenvalue weighted by Crippen LogP contribution is 2.27. The van der Waals surface area contributed by atoms with Crippen LogP contribution in [0.4, 0.5) is 4.39 Å². The van der Waals surface area contributed by atoms with Crippen molar-refractivity contribution in [1.29, 1.82) is 0 Å². The zero-order valence-electron chi connectivity index (χ0n) is 12.1. The largest absolute Gasteiger partial charge is 0.342 e. The first-order valence-corrected chi connectivity index (χ1v) is 7.45. The lowest BCUT2D eigenvalue weighted by Crippen LogP contribution is -2.33. The maximum absolute atomic E-state index is 12.9. The molecule has 21 heavy (non-hydrogen) atoms. The van der Waals surface area contributed by atoms with E-state index < -0.39 is 0 Å². The Balaban J connectivity index is 0.00000161. The Labute approximate surface area is 131 Å². The molecular formula is C16H22ClFN2O. The first kappa shape index (κ1) is 16.2. The first-order valence-electron chi connectivity index (χ1n) is 7.45. The summed E-state index contributed by atoms with van der Waals surface area (Å²) in [5, 5.41) is 3.44. The fourth-order valence-corrected chi connectivity index (χ4v) is 3.36. The third kappa shape index (κ3) is 3.95. The van der Waals surface area contributed by atoms with Crippen LogP contribution in [0, 0.1) is 17.7 Å². The molecule has 0 saturated carbocycles. The maximum Gasteiger partial charge on any atom is 0.226 e. The van der Waals surface area contributed by atoms with E-state index in [1.54, 1.807) is 12.1 Å². The fourth-order valence-electron chi connectivity index (χ4n) is 3.36. The summed E-state index contributed by atoms with van der Waals surface area (Å²) >= 11 is 0. The van der Waals surface area contributed by atoms with Gasteiger partial charge in [0.05, 0.1) is 6.42 Å². The molecule has 0 aliphatic carbocycles. The zero-order chi connectivity index (χ0) is 13.9. The lowest BCUT2D eigenvalue weighted by Gasteiger charge is -2.21. The van der Waals surface area contributed by atoms with E-state index >= 15 is 0 Å². The van der Waals surface area contributed by atoms with Crippen molar-refractivity contribution in [2.75, 3.05) is 26.2 Å². The third-order valence-electron chi connectivity index (χ3n) is 4.64. The van der Waals surface area contributed by atoms with Crippen molar-refractivity contribution in [2.24, 2.45) is 11.8 Å². The van der Waals surface area contributed by atoms with E-state index in [1.807, 2.05) is 4.90 Å². The molecule has 1 amide bonds. The molecule has 5 heteroatoms. The molecule has 2 fully saturated rings. The van der Waals surface area contributed by atoms with Crippen LogP contribution in [0.5, 0.6) is 0 Å². The molecule has 0 spiro atoms. The van der Waals surface area contributed by atoms with Crippen molar-refractivity contribution in [1.82, 2.24) is 10.2 Å². The lowest BCUT2D eigenvalue weighted by atomic mass is 9.92. The van der Waals surface area contributed by atoms with Crippen molar-refractivity contribution in [3.63, 3.8) is 0 Å². The number of hydrogen-bond acceptors (Lipinski definition) is 2. The molecule has 3 nitrogen and oxygen atoms in total. The van der Waals surface area contributed by atoms with Crippen molar-refractivity contribution in [2.45, 2.75) is 19.3 Å². The molecule has 2 aliphatic rings. The predicted molar refractivity (Wildman–Crippen MR) is 83.0 cm³/mol. The molecule has 2 aliphatic heterocycles. The quantitative estimate of drug-likeness (QED) is 0.908. The Morgan fingerprint density at radius 1 is 1.14 bits per heavy atom. The summed E-state index contributed by atoms with van der Waals surface area (Å²) < 4.78 is 12.9. The Kier molecular flexibility index (Phi) is 5.59. The molecule has 2 heterocycles. The number of benzene rings is 1. The summed E-state index contributed by atoms with van der Waals surface area (Å²) in [7, 11) is 0. The molecule has 0 radical (unpaired) electrons. The molecule has 3 rings (SSSR count). The monoisotopic (exact) mass is 312 g/mol. The van der Waals surface area contributed by atoms with Gasteiger partial charge in [-0.2, -0.15) is 0 Å². The second-order valence-electron chi connectivity index (χ2n) is 5.94. The molecule has 0 unspecified atom stereocenters. The lowest BCUT2D eigenvalue weighted by molar-refractivity contribution is -0.130. The second-order valence-corrected chi connectivity index (χ2v) is 5.94. The number of halogens is 2. The third-order valence-corrected chi connectivity index (χ3v) is 4.64. The van der Waals surface area contributed by atoms with E-state index in [1.165, 1.54) is 12.1 Å². The van der Waals surface area contributed by atoms with Crippen LogP contribution in [0.15, 0.2) is 24.3 Å². The van der Waals surface area contributed by atoms with Gasteiger partial charge in [-0.05, 0) is 55.5 Å². The molecule has 2 atom stereocenters. The molecule has 1 N–H and O–H groups in total. The van der Waals surface area contributed by atoms with Gasteiger partial charge in [-0.25, -0.2) is 4.39 Å². The molecule has 1 aromatic rings. The van der Waals surface area contributed by atoms with Crippen LogP contribution in [0.3, 0.4) is 0 Å². The van der Waals surface area contributed by atoms with Gasteiger partial charge in [0.15, 0.2) is 0 Å². The molecular weight excluding hydrogens is 291 g/mol. The smallest absolute Gasteiger partial charge is 0.226 e. The van der Waals surface area contributed by atoms with E-state index in [9.17, 15) is 9.18 Å². The standard InChI is InChI=1S/C16H21FN2O.ClH/c17-15-3-1-12(2-4-15)9-16(20)19-7-5-13-10-18-11-14(13)6-8-19;/h1-4,13-14,18H,5-11H2;1H/t13-,14+;. The van der Waals surface area contributed by atoms with E-state index in [-0.39, 0.29) is 24.1 Å². The number of hydrogen-bond donors (Lipinski definition) is 1. The van der Waals surface area contributed by atoms with Crippen molar-refractivity contribution >= 4 is 18.3 Å². The SMILES string of the molecule is Cl.O=C(Cc1ccc(F)cc1)N1CC[C@@H]2CNC[C@@H]2CC1. The van der Waals surface area contributed by atoms with Gasteiger partial charge in [-0.3, -0.25) is 4.79 Å². The number of rotatable bonds is 2. The van der Waals surface area contributed by atoms with Crippen LogP contribution >= 0.6 is 12.4 Å². The summed E-state index contributed by atoms with van der Waals surface area (Å²) in [6.07, 6.45) is 2.59. The van der Waals surface area contributed by atoms with Gasteiger partial charge in [0, 0.05) is 13.1 Å². The van der Waals surface area contributed by atoms with Crippen LogP contribution < -0.4 is 5.32 Å². The van der Waals surface area contributed by atoms with Gasteiger partial charge in [0.2, 0.25) is 5.91 Å². The minimum absolute atomic E-state index is 0. The predicted octanol–water partition coefficient (Wildman–Crippen LogP) is 2.25. The van der Waals surface area contributed by atoms with Crippen LogP contribution in [-0.4, -0.2) is 37.0 Å². The Morgan fingerprint density at radius 2 is 1.71 bits per heavy atom. The van der Waals surface area contributed by atoms with Gasteiger partial charge >= 0.3 is 0 Å². The Bertz CT molecular complexity index is 466. The number of nitrogens with one attached hydrogen (secondary N) is 1. The average Bonchev–Trinajstić information content (AvgIpc) is 2.80. The number of nitrogens with zero attached hydrogens (tertiary/aromatic N) is 1. The fraction of sp³-hybridized carbons (Fsp3) is 0.562. The van der Waals surface area contributed by atoms with E-state index in [0.717, 1.165) is 56.4 Å². The highest BCUT2D eigenvalue weighted by atomic mass is 35.5. The van der Waals surface area contributed by atoms with Crippen LogP contribution in [0.25, 0.3) is 0 Å². The van der Waals surface area contributed by atoms with Crippen molar-refractivity contribution in [3.8, 4) is 0 Å². The van der Waals surface area contributed by atoms with Gasteiger partial charge in [0.1, 0.15) is 5.82 Å². The minimum Gasteiger partial charge on any atom is -0.342 e. The number of amides is 1. The highest BCUT2D eigenvalue weighted by Gasteiger charge is 2.31. The second kappa shape index (κ2) is 7.23. The molecule has 116 valence electrons. The summed E-state index contributed by atoms with van der Waals surface area (Å²) in [5.41, 5.74) is 0.891. The van der Waals surface area contributed by atoms with Gasteiger partial charge in [0.25, 0.3) is 0 Å². The Hall–Kier alpha value is -1.13. The van der Waals surface area contributed by atoms with Crippen LogP contribution in [-0.2, 0) is 11.2 Å². The molecule has 1 aromatic carbocycles. The number of carbonyl (C=O) groups is 1. The number of carbonyl (C=O) groups excluding carboxylic acids is 1. The summed E-state index contributed by atoms with van der Waals surface area (Å²) in [6, 6.07) is 6.23.